The zero-order chi connectivity index (χ0) is 22.7. The van der Waals surface area contributed by atoms with E-state index in [1.54, 1.807) is 5.56 Å². The van der Waals surface area contributed by atoms with Crippen LogP contribution in [0.1, 0.15) is 36.5 Å². The van der Waals surface area contributed by atoms with E-state index in [0.29, 0.717) is 0 Å². The van der Waals surface area contributed by atoms with E-state index in [1.807, 2.05) is 0 Å². The molecule has 0 bridgehead atoms. The number of rotatable bonds is 2. The first-order valence-corrected chi connectivity index (χ1v) is 12.2. The predicted molar refractivity (Wildman–Crippen MR) is 138 cm³/mol. The molecule has 0 radical (unpaired) electrons. The molecule has 4 aromatic rings. The lowest BCUT2D eigenvalue weighted by molar-refractivity contribution is -0.659. The molecule has 0 saturated carbocycles. The van der Waals surface area contributed by atoms with E-state index in [2.05, 4.69) is 109 Å². The Labute approximate surface area is 196 Å². The molecule has 0 saturated heterocycles. The molecule has 1 aliphatic heterocycles. The number of aromatic nitrogens is 1. The summed E-state index contributed by atoms with van der Waals surface area (Å²) in [6.07, 6.45) is 7.39. The molecule has 3 nitrogen and oxygen atoms in total. The first-order chi connectivity index (χ1) is 16.1. The smallest absolute Gasteiger partial charge is 0.220 e. The molecule has 1 aliphatic carbocycles. The van der Waals surface area contributed by atoms with Crippen LogP contribution in [0.5, 0.6) is 0 Å². The van der Waals surface area contributed by atoms with Crippen molar-refractivity contribution in [1.82, 2.24) is 0 Å². The van der Waals surface area contributed by atoms with Crippen molar-refractivity contribution >= 4 is 27.8 Å². The van der Waals surface area contributed by atoms with Gasteiger partial charge in [0.15, 0.2) is 6.20 Å². The Morgan fingerprint density at radius 2 is 1.64 bits per heavy atom. The highest BCUT2D eigenvalue weighted by Gasteiger charge is 2.35. The van der Waals surface area contributed by atoms with E-state index >= 15 is 0 Å². The van der Waals surface area contributed by atoms with Gasteiger partial charge in [0.2, 0.25) is 5.69 Å². The average Bonchev–Trinajstić information content (AvgIpc) is 3.09. The average molecular weight is 435 g/mol. The zero-order valence-corrected chi connectivity index (χ0v) is 20.1. The highest BCUT2D eigenvalue weighted by atomic mass is 15.4. The lowest BCUT2D eigenvalue weighted by Gasteiger charge is -2.34. The number of pyridine rings is 1. The summed E-state index contributed by atoms with van der Waals surface area (Å²) >= 11 is 0. The van der Waals surface area contributed by atoms with Crippen LogP contribution in [0.3, 0.4) is 0 Å². The number of hydrogen-bond donors (Lipinski definition) is 0. The van der Waals surface area contributed by atoms with Gasteiger partial charge in [-0.25, -0.2) is 4.57 Å². The molecular weight excluding hydrogens is 402 g/mol. The van der Waals surface area contributed by atoms with E-state index in [0.717, 1.165) is 0 Å². The second kappa shape index (κ2) is 7.62. The van der Waals surface area contributed by atoms with Gasteiger partial charge in [-0.05, 0) is 85.9 Å². The third-order valence-corrected chi connectivity index (χ3v) is 7.87. The Hall–Kier alpha value is -3.33. The number of nitrogens with zero attached hydrogens (tertiary/aromatic N) is 3. The van der Waals surface area contributed by atoms with Crippen LogP contribution in [0, 0.1) is 6.92 Å². The molecular formula is C30H32N3+. The molecule has 6 rings (SSSR count). The van der Waals surface area contributed by atoms with Crippen molar-refractivity contribution in [1.29, 1.82) is 0 Å². The Balaban J connectivity index is 1.67. The van der Waals surface area contributed by atoms with Gasteiger partial charge in [0.25, 0.3) is 0 Å². The van der Waals surface area contributed by atoms with Crippen LogP contribution in [-0.4, -0.2) is 13.2 Å². The summed E-state index contributed by atoms with van der Waals surface area (Å²) in [4.78, 5) is 5.01. The molecule has 166 valence electrons. The maximum absolute atomic E-state index is 2.60. The molecule has 2 heterocycles. The second-order valence-corrected chi connectivity index (χ2v) is 9.71. The third kappa shape index (κ3) is 2.98. The summed E-state index contributed by atoms with van der Waals surface area (Å²) in [6, 6.07) is 22.4. The SMILES string of the molecule is Cc1c(-c2c3ccccc3cc[n+]2C)cc2c(c1N1c3ccccc3N(C)[C@H]1C)CCCC2. The molecule has 0 spiro atoms. The summed E-state index contributed by atoms with van der Waals surface area (Å²) in [5, 5.41) is 2.61. The maximum Gasteiger partial charge on any atom is 0.220 e. The van der Waals surface area contributed by atoms with Crippen molar-refractivity contribution in [3.05, 3.63) is 83.6 Å². The minimum absolute atomic E-state index is 0.281. The molecule has 0 N–H and O–H groups in total. The normalized spacial score (nSPS) is 17.4. The van der Waals surface area contributed by atoms with E-state index in [4.69, 9.17) is 0 Å². The van der Waals surface area contributed by atoms with Crippen molar-refractivity contribution in [2.24, 2.45) is 7.05 Å². The van der Waals surface area contributed by atoms with E-state index in [1.165, 1.54) is 75.9 Å². The van der Waals surface area contributed by atoms with Gasteiger partial charge < -0.3 is 9.80 Å². The highest BCUT2D eigenvalue weighted by molar-refractivity contribution is 5.96. The van der Waals surface area contributed by atoms with Crippen LogP contribution in [0.15, 0.2) is 66.9 Å². The Kier molecular flexibility index (Phi) is 4.69. The fourth-order valence-corrected chi connectivity index (χ4v) is 6.07. The topological polar surface area (TPSA) is 10.4 Å². The minimum atomic E-state index is 0.281. The molecule has 3 aromatic carbocycles. The van der Waals surface area contributed by atoms with Crippen molar-refractivity contribution in [2.45, 2.75) is 45.7 Å². The molecule has 2 aliphatic rings. The summed E-state index contributed by atoms with van der Waals surface area (Å²) in [5.74, 6) is 0. The molecule has 33 heavy (non-hydrogen) atoms. The largest absolute Gasteiger partial charge is 0.353 e. The van der Waals surface area contributed by atoms with E-state index in [-0.39, 0.29) is 6.17 Å². The van der Waals surface area contributed by atoms with Crippen LogP contribution in [0.4, 0.5) is 17.1 Å². The highest BCUT2D eigenvalue weighted by Crippen LogP contribution is 2.49. The summed E-state index contributed by atoms with van der Waals surface area (Å²) in [6.45, 7) is 4.67. The van der Waals surface area contributed by atoms with Gasteiger partial charge in [-0.1, -0.05) is 30.3 Å². The minimum Gasteiger partial charge on any atom is -0.353 e. The van der Waals surface area contributed by atoms with Crippen molar-refractivity contribution < 1.29 is 4.57 Å². The number of anilines is 3. The van der Waals surface area contributed by atoms with Crippen LogP contribution in [0.25, 0.3) is 22.0 Å². The molecule has 0 amide bonds. The number of fused-ring (bicyclic) bond motifs is 3. The molecule has 1 atom stereocenters. The third-order valence-electron chi connectivity index (χ3n) is 7.87. The molecule has 3 heteroatoms. The number of hydrogen-bond acceptors (Lipinski definition) is 2. The number of aryl methyl sites for hydroxylation is 2. The molecule has 0 fully saturated rings. The fourth-order valence-electron chi connectivity index (χ4n) is 6.07. The lowest BCUT2D eigenvalue weighted by atomic mass is 9.84. The Bertz CT molecular complexity index is 1390. The lowest BCUT2D eigenvalue weighted by Crippen LogP contribution is -2.37. The van der Waals surface area contributed by atoms with Gasteiger partial charge in [-0.2, -0.15) is 0 Å². The fraction of sp³-hybridized carbons (Fsp3) is 0.300. The zero-order valence-electron chi connectivity index (χ0n) is 20.1. The number of para-hydroxylation sites is 2. The molecule has 1 aromatic heterocycles. The summed E-state index contributed by atoms with van der Waals surface area (Å²) < 4.78 is 2.30. The van der Waals surface area contributed by atoms with Crippen molar-refractivity contribution in [3.63, 3.8) is 0 Å². The number of benzene rings is 3. The monoisotopic (exact) mass is 434 g/mol. The summed E-state index contributed by atoms with van der Waals surface area (Å²) in [5.41, 5.74) is 11.2. The van der Waals surface area contributed by atoms with Gasteiger partial charge >= 0.3 is 0 Å². The Morgan fingerprint density at radius 3 is 2.48 bits per heavy atom. The molecule has 0 unspecified atom stereocenters. The predicted octanol–water partition coefficient (Wildman–Crippen LogP) is 6.45. The van der Waals surface area contributed by atoms with Crippen molar-refractivity contribution in [2.75, 3.05) is 16.8 Å². The first kappa shape index (κ1) is 20.3. The summed E-state index contributed by atoms with van der Waals surface area (Å²) in [7, 11) is 4.40. The van der Waals surface area contributed by atoms with Crippen LogP contribution < -0.4 is 14.4 Å². The quantitative estimate of drug-likeness (QED) is 0.336. The van der Waals surface area contributed by atoms with Crippen LogP contribution in [-0.2, 0) is 19.9 Å². The standard InChI is InChI=1S/C30H32N3/c1-20-26(30-24-13-7-5-11-22(24)17-18-31(30)3)19-23-12-6-8-14-25(23)29(20)33-21(2)32(4)27-15-9-10-16-28(27)33/h5,7,9-11,13,15-19,21H,6,8,12,14H2,1-4H3/q+1/t21-/m1/s1. The maximum atomic E-state index is 2.60. The Morgan fingerprint density at radius 1 is 0.909 bits per heavy atom. The van der Waals surface area contributed by atoms with Gasteiger partial charge in [0.1, 0.15) is 13.2 Å². The van der Waals surface area contributed by atoms with Gasteiger partial charge in [-0.15, -0.1) is 0 Å². The van der Waals surface area contributed by atoms with E-state index in [9.17, 15) is 0 Å². The van der Waals surface area contributed by atoms with Gasteiger partial charge in [-0.3, -0.25) is 0 Å². The van der Waals surface area contributed by atoms with Gasteiger partial charge in [0.05, 0.1) is 28.0 Å². The first-order valence-electron chi connectivity index (χ1n) is 12.2. The van der Waals surface area contributed by atoms with E-state index < -0.39 is 0 Å². The van der Waals surface area contributed by atoms with Crippen molar-refractivity contribution in [3.8, 4) is 11.3 Å². The van der Waals surface area contributed by atoms with Crippen LogP contribution in [0.2, 0.25) is 0 Å². The second-order valence-electron chi connectivity index (χ2n) is 9.71. The van der Waals surface area contributed by atoms with Gasteiger partial charge in [0, 0.05) is 13.1 Å². The van der Waals surface area contributed by atoms with Crippen LogP contribution >= 0.6 is 0 Å².